The number of nitrogens with one attached hydrogen (secondary N) is 1. The Morgan fingerprint density at radius 1 is 1.47 bits per heavy atom. The SMILES string of the molecule is CCNCc1ccn(-c2ccc(Br)cc2[N+](=O)[O-])n1. The molecule has 0 aliphatic carbocycles. The molecule has 0 saturated carbocycles. The van der Waals surface area contributed by atoms with E-state index in [-0.39, 0.29) is 5.69 Å². The summed E-state index contributed by atoms with van der Waals surface area (Å²) in [6.07, 6.45) is 1.73. The van der Waals surface area contributed by atoms with Gasteiger partial charge in [0, 0.05) is 23.3 Å². The van der Waals surface area contributed by atoms with Crippen molar-refractivity contribution in [1.29, 1.82) is 0 Å². The highest BCUT2D eigenvalue weighted by atomic mass is 79.9. The zero-order chi connectivity index (χ0) is 13.8. The first-order valence-electron chi connectivity index (χ1n) is 5.81. The molecule has 1 N–H and O–H groups in total. The van der Waals surface area contributed by atoms with Gasteiger partial charge in [-0.15, -0.1) is 0 Å². The molecule has 1 aromatic carbocycles. The van der Waals surface area contributed by atoms with Gasteiger partial charge in [0.15, 0.2) is 0 Å². The summed E-state index contributed by atoms with van der Waals surface area (Å²) in [6.45, 7) is 3.51. The molecule has 1 heterocycles. The van der Waals surface area contributed by atoms with Crippen molar-refractivity contribution in [2.45, 2.75) is 13.5 Å². The second kappa shape index (κ2) is 5.94. The molecule has 0 fully saturated rings. The van der Waals surface area contributed by atoms with E-state index in [9.17, 15) is 10.1 Å². The van der Waals surface area contributed by atoms with Gasteiger partial charge in [-0.2, -0.15) is 5.10 Å². The molecule has 0 aliphatic rings. The molecule has 2 aromatic rings. The summed E-state index contributed by atoms with van der Waals surface area (Å²) in [5.74, 6) is 0. The second-order valence-electron chi connectivity index (χ2n) is 3.92. The zero-order valence-electron chi connectivity index (χ0n) is 10.3. The Morgan fingerprint density at radius 3 is 2.95 bits per heavy atom. The summed E-state index contributed by atoms with van der Waals surface area (Å²) in [4.78, 5) is 10.6. The predicted octanol–water partition coefficient (Wildman–Crippen LogP) is 2.65. The van der Waals surface area contributed by atoms with Gasteiger partial charge < -0.3 is 5.32 Å². The van der Waals surface area contributed by atoms with Gasteiger partial charge in [0.1, 0.15) is 5.69 Å². The van der Waals surface area contributed by atoms with Crippen molar-refractivity contribution in [2.24, 2.45) is 0 Å². The number of rotatable bonds is 5. The van der Waals surface area contributed by atoms with Crippen LogP contribution in [0.25, 0.3) is 5.69 Å². The quantitative estimate of drug-likeness (QED) is 0.677. The predicted molar refractivity (Wildman–Crippen MR) is 75.3 cm³/mol. The van der Waals surface area contributed by atoms with Crippen LogP contribution in [0.3, 0.4) is 0 Å². The van der Waals surface area contributed by atoms with E-state index in [1.165, 1.54) is 10.7 Å². The number of aromatic nitrogens is 2. The van der Waals surface area contributed by atoms with Crippen molar-refractivity contribution in [3.63, 3.8) is 0 Å². The van der Waals surface area contributed by atoms with Gasteiger partial charge in [0.25, 0.3) is 5.69 Å². The smallest absolute Gasteiger partial charge is 0.295 e. The van der Waals surface area contributed by atoms with Crippen molar-refractivity contribution in [1.82, 2.24) is 15.1 Å². The summed E-state index contributed by atoms with van der Waals surface area (Å²) in [6, 6.07) is 6.75. The molecule has 0 aliphatic heterocycles. The van der Waals surface area contributed by atoms with E-state index < -0.39 is 4.92 Å². The number of benzene rings is 1. The highest BCUT2D eigenvalue weighted by molar-refractivity contribution is 9.10. The number of nitrogens with zero attached hydrogens (tertiary/aromatic N) is 3. The van der Waals surface area contributed by atoms with Crippen LogP contribution in [0.15, 0.2) is 34.9 Å². The molecule has 0 saturated heterocycles. The van der Waals surface area contributed by atoms with Gasteiger partial charge in [0.05, 0.1) is 10.6 Å². The van der Waals surface area contributed by atoms with Crippen LogP contribution in [0.4, 0.5) is 5.69 Å². The highest BCUT2D eigenvalue weighted by Gasteiger charge is 2.16. The van der Waals surface area contributed by atoms with E-state index in [1.807, 2.05) is 13.0 Å². The van der Waals surface area contributed by atoms with Gasteiger partial charge in [-0.05, 0) is 24.7 Å². The van der Waals surface area contributed by atoms with Gasteiger partial charge in [-0.1, -0.05) is 22.9 Å². The number of nitro benzene ring substituents is 1. The largest absolute Gasteiger partial charge is 0.311 e. The first-order chi connectivity index (χ1) is 9.11. The van der Waals surface area contributed by atoms with Crippen LogP contribution in [0.5, 0.6) is 0 Å². The Morgan fingerprint density at radius 2 is 2.26 bits per heavy atom. The average molecular weight is 325 g/mol. The molecule has 0 unspecified atom stereocenters. The minimum absolute atomic E-state index is 0.0208. The molecule has 0 atom stereocenters. The van der Waals surface area contributed by atoms with Gasteiger partial charge >= 0.3 is 0 Å². The Labute approximate surface area is 118 Å². The van der Waals surface area contributed by atoms with E-state index in [2.05, 4.69) is 26.3 Å². The van der Waals surface area contributed by atoms with Crippen molar-refractivity contribution >= 4 is 21.6 Å². The maximum atomic E-state index is 11.1. The molecule has 0 amide bonds. The lowest BCUT2D eigenvalue weighted by atomic mass is 10.3. The summed E-state index contributed by atoms with van der Waals surface area (Å²) in [5, 5.41) is 18.5. The minimum atomic E-state index is -0.411. The van der Waals surface area contributed by atoms with Gasteiger partial charge in [-0.3, -0.25) is 10.1 Å². The average Bonchev–Trinajstić information content (AvgIpc) is 2.84. The van der Waals surface area contributed by atoms with E-state index in [4.69, 9.17) is 0 Å². The normalized spacial score (nSPS) is 10.6. The van der Waals surface area contributed by atoms with Crippen LogP contribution in [-0.2, 0) is 6.54 Å². The molecule has 0 radical (unpaired) electrons. The Balaban J connectivity index is 2.36. The summed E-state index contributed by atoms with van der Waals surface area (Å²) < 4.78 is 2.19. The van der Waals surface area contributed by atoms with Crippen LogP contribution in [0.1, 0.15) is 12.6 Å². The van der Waals surface area contributed by atoms with Crippen molar-refractivity contribution < 1.29 is 4.92 Å². The first-order valence-corrected chi connectivity index (χ1v) is 6.60. The Bertz CT molecular complexity index is 597. The summed E-state index contributed by atoms with van der Waals surface area (Å²) >= 11 is 3.23. The fourth-order valence-corrected chi connectivity index (χ4v) is 2.03. The molecule has 2 rings (SSSR count). The molecular weight excluding hydrogens is 312 g/mol. The van der Waals surface area contributed by atoms with Crippen LogP contribution in [0, 0.1) is 10.1 Å². The monoisotopic (exact) mass is 324 g/mol. The molecule has 6 nitrogen and oxygen atoms in total. The third-order valence-corrected chi connectivity index (χ3v) is 3.07. The number of hydrogen-bond donors (Lipinski definition) is 1. The molecular formula is C12H13BrN4O2. The third-order valence-electron chi connectivity index (χ3n) is 2.58. The van der Waals surface area contributed by atoms with E-state index >= 15 is 0 Å². The lowest BCUT2D eigenvalue weighted by Gasteiger charge is -2.03. The van der Waals surface area contributed by atoms with Crippen LogP contribution in [-0.4, -0.2) is 21.2 Å². The number of halogens is 1. The molecule has 1 aromatic heterocycles. The lowest BCUT2D eigenvalue weighted by molar-refractivity contribution is -0.384. The number of nitro groups is 1. The maximum Gasteiger partial charge on any atom is 0.295 e. The van der Waals surface area contributed by atoms with Crippen molar-refractivity contribution in [3.05, 3.63) is 50.7 Å². The molecule has 100 valence electrons. The maximum absolute atomic E-state index is 11.1. The molecule has 19 heavy (non-hydrogen) atoms. The summed E-state index contributed by atoms with van der Waals surface area (Å²) in [5.41, 5.74) is 1.32. The Hall–Kier alpha value is -1.73. The number of hydrogen-bond acceptors (Lipinski definition) is 4. The van der Waals surface area contributed by atoms with E-state index in [0.717, 1.165) is 12.2 Å². The minimum Gasteiger partial charge on any atom is -0.311 e. The van der Waals surface area contributed by atoms with Gasteiger partial charge in [-0.25, -0.2) is 4.68 Å². The molecule has 0 spiro atoms. The topological polar surface area (TPSA) is 73.0 Å². The van der Waals surface area contributed by atoms with E-state index in [1.54, 1.807) is 18.3 Å². The molecule has 0 bridgehead atoms. The zero-order valence-corrected chi connectivity index (χ0v) is 11.9. The second-order valence-corrected chi connectivity index (χ2v) is 4.84. The molecule has 7 heteroatoms. The van der Waals surface area contributed by atoms with Crippen molar-refractivity contribution in [3.8, 4) is 5.69 Å². The fraction of sp³-hybridized carbons (Fsp3) is 0.250. The van der Waals surface area contributed by atoms with Crippen LogP contribution in [0.2, 0.25) is 0 Å². The Kier molecular flexibility index (Phi) is 4.28. The fourth-order valence-electron chi connectivity index (χ4n) is 1.68. The highest BCUT2D eigenvalue weighted by Crippen LogP contribution is 2.26. The summed E-state index contributed by atoms with van der Waals surface area (Å²) in [7, 11) is 0. The van der Waals surface area contributed by atoms with Crippen LogP contribution >= 0.6 is 15.9 Å². The lowest BCUT2D eigenvalue weighted by Crippen LogP contribution is -2.12. The van der Waals surface area contributed by atoms with Crippen molar-refractivity contribution in [2.75, 3.05) is 6.54 Å². The first kappa shape index (κ1) is 13.7. The van der Waals surface area contributed by atoms with Gasteiger partial charge in [0.2, 0.25) is 0 Å². The van der Waals surface area contributed by atoms with Crippen LogP contribution < -0.4 is 5.32 Å². The third kappa shape index (κ3) is 3.18. The standard InChI is InChI=1S/C12H13BrN4O2/c1-2-14-8-10-5-6-16(15-10)11-4-3-9(13)7-12(11)17(18)19/h3-7,14H,2,8H2,1H3. The van der Waals surface area contributed by atoms with E-state index in [0.29, 0.717) is 16.7 Å².